The lowest BCUT2D eigenvalue weighted by Crippen LogP contribution is -2.38. The second-order valence-electron chi connectivity index (χ2n) is 7.15. The van der Waals surface area contributed by atoms with Crippen molar-refractivity contribution in [2.45, 2.75) is 59.1 Å². The molecule has 0 aliphatic rings. The Morgan fingerprint density at radius 3 is 2.37 bits per heavy atom. The summed E-state index contributed by atoms with van der Waals surface area (Å²) in [5.41, 5.74) is 3.23. The van der Waals surface area contributed by atoms with Crippen LogP contribution >= 0.6 is 0 Å². The summed E-state index contributed by atoms with van der Waals surface area (Å²) in [6.45, 7) is 10.1. The number of para-hydroxylation sites is 1. The lowest BCUT2D eigenvalue weighted by atomic mass is 10.0. The van der Waals surface area contributed by atoms with Crippen molar-refractivity contribution >= 4 is 5.91 Å². The Kier molecular flexibility index (Phi) is 7.28. The first kappa shape index (κ1) is 20.8. The molecule has 0 spiro atoms. The van der Waals surface area contributed by atoms with Crippen LogP contribution in [0.2, 0.25) is 0 Å². The van der Waals surface area contributed by atoms with E-state index in [1.807, 2.05) is 43.3 Å². The molecule has 2 aromatic carbocycles. The van der Waals surface area contributed by atoms with Crippen molar-refractivity contribution < 1.29 is 14.3 Å². The molecule has 4 heteroatoms. The van der Waals surface area contributed by atoms with Gasteiger partial charge >= 0.3 is 0 Å². The molecule has 2 atom stereocenters. The van der Waals surface area contributed by atoms with Gasteiger partial charge in [0.25, 0.3) is 5.91 Å². The second-order valence-corrected chi connectivity index (χ2v) is 7.15. The van der Waals surface area contributed by atoms with Gasteiger partial charge in [-0.1, -0.05) is 51.1 Å². The molecule has 0 aliphatic heterocycles. The van der Waals surface area contributed by atoms with E-state index in [1.165, 1.54) is 0 Å². The predicted molar refractivity (Wildman–Crippen MR) is 110 cm³/mol. The zero-order valence-electron chi connectivity index (χ0n) is 17.2. The number of rotatable bonds is 8. The van der Waals surface area contributed by atoms with E-state index in [9.17, 15) is 4.79 Å². The number of benzene rings is 2. The van der Waals surface area contributed by atoms with Gasteiger partial charge in [-0.25, -0.2) is 0 Å². The van der Waals surface area contributed by atoms with E-state index in [1.54, 1.807) is 14.0 Å². The quantitative estimate of drug-likeness (QED) is 0.699. The smallest absolute Gasteiger partial charge is 0.261 e. The third kappa shape index (κ3) is 5.25. The van der Waals surface area contributed by atoms with Crippen LogP contribution in [0.1, 0.15) is 62.8 Å². The minimum absolute atomic E-state index is 0.0616. The average Bonchev–Trinajstić information content (AvgIpc) is 2.66. The highest BCUT2D eigenvalue weighted by Gasteiger charge is 2.21. The van der Waals surface area contributed by atoms with Gasteiger partial charge in [0.2, 0.25) is 0 Å². The third-order valence-electron chi connectivity index (χ3n) is 4.76. The largest absolute Gasteiger partial charge is 0.496 e. The van der Waals surface area contributed by atoms with Gasteiger partial charge in [0.05, 0.1) is 13.2 Å². The van der Waals surface area contributed by atoms with Crippen molar-refractivity contribution in [3.63, 3.8) is 0 Å². The highest BCUT2D eigenvalue weighted by atomic mass is 16.5. The molecule has 27 heavy (non-hydrogen) atoms. The first-order valence-corrected chi connectivity index (χ1v) is 9.57. The van der Waals surface area contributed by atoms with E-state index in [2.05, 4.69) is 32.2 Å². The highest BCUT2D eigenvalue weighted by Crippen LogP contribution is 2.27. The summed E-state index contributed by atoms with van der Waals surface area (Å²) in [7, 11) is 1.66. The maximum absolute atomic E-state index is 12.7. The van der Waals surface area contributed by atoms with E-state index in [0.29, 0.717) is 5.92 Å². The van der Waals surface area contributed by atoms with Crippen molar-refractivity contribution in [1.29, 1.82) is 0 Å². The molecule has 146 valence electrons. The average molecular weight is 370 g/mol. The number of carbonyl (C=O) groups is 1. The number of amides is 1. The van der Waals surface area contributed by atoms with E-state index >= 15 is 0 Å². The van der Waals surface area contributed by atoms with Crippen LogP contribution in [0.25, 0.3) is 0 Å². The topological polar surface area (TPSA) is 47.6 Å². The number of hydrogen-bond acceptors (Lipinski definition) is 3. The number of nitrogens with one attached hydrogen (secondary N) is 1. The molecule has 0 radical (unpaired) electrons. The monoisotopic (exact) mass is 369 g/mol. The summed E-state index contributed by atoms with van der Waals surface area (Å²) in [4.78, 5) is 12.7. The van der Waals surface area contributed by atoms with Crippen LogP contribution in [0.15, 0.2) is 42.5 Å². The van der Waals surface area contributed by atoms with Gasteiger partial charge in [0.15, 0.2) is 6.10 Å². The molecule has 0 saturated carbocycles. The van der Waals surface area contributed by atoms with Crippen LogP contribution in [0.3, 0.4) is 0 Å². The van der Waals surface area contributed by atoms with E-state index in [0.717, 1.165) is 34.6 Å². The standard InChI is InChI=1S/C23H31NO3/c1-7-20(18-12-13-21(26-6)16(4)14-18)24-23(25)17(5)27-22-11-9-8-10-19(22)15(2)3/h8-15,17,20H,7H2,1-6H3,(H,24,25). The molecule has 0 fully saturated rings. The van der Waals surface area contributed by atoms with Crippen LogP contribution in [0.5, 0.6) is 11.5 Å². The van der Waals surface area contributed by atoms with Crippen molar-refractivity contribution in [3.8, 4) is 11.5 Å². The highest BCUT2D eigenvalue weighted by molar-refractivity contribution is 5.81. The second kappa shape index (κ2) is 9.45. The summed E-state index contributed by atoms with van der Waals surface area (Å²) in [5, 5.41) is 3.11. The summed E-state index contributed by atoms with van der Waals surface area (Å²) < 4.78 is 11.3. The number of hydrogen-bond donors (Lipinski definition) is 1. The molecular weight excluding hydrogens is 338 g/mol. The summed E-state index contributed by atoms with van der Waals surface area (Å²) in [6.07, 6.45) is 0.227. The van der Waals surface area contributed by atoms with Crippen LogP contribution < -0.4 is 14.8 Å². The maximum Gasteiger partial charge on any atom is 0.261 e. The fourth-order valence-corrected chi connectivity index (χ4v) is 3.14. The molecule has 0 heterocycles. The van der Waals surface area contributed by atoms with Crippen molar-refractivity contribution in [1.82, 2.24) is 5.32 Å². The van der Waals surface area contributed by atoms with Crippen LogP contribution in [0, 0.1) is 6.92 Å². The SMILES string of the molecule is CCC(NC(=O)C(C)Oc1ccccc1C(C)C)c1ccc(OC)c(C)c1. The van der Waals surface area contributed by atoms with Gasteiger partial charge in [-0.3, -0.25) is 4.79 Å². The lowest BCUT2D eigenvalue weighted by Gasteiger charge is -2.23. The van der Waals surface area contributed by atoms with Crippen LogP contribution in [-0.4, -0.2) is 19.1 Å². The molecule has 0 bridgehead atoms. The van der Waals surface area contributed by atoms with Gasteiger partial charge < -0.3 is 14.8 Å². The first-order chi connectivity index (χ1) is 12.9. The molecule has 4 nitrogen and oxygen atoms in total. The Hall–Kier alpha value is -2.49. The fraction of sp³-hybridized carbons (Fsp3) is 0.435. The van der Waals surface area contributed by atoms with Gasteiger partial charge in [-0.05, 0) is 55.0 Å². The van der Waals surface area contributed by atoms with Crippen molar-refractivity contribution in [2.75, 3.05) is 7.11 Å². The Balaban J connectivity index is 2.09. The van der Waals surface area contributed by atoms with E-state index in [-0.39, 0.29) is 11.9 Å². The third-order valence-corrected chi connectivity index (χ3v) is 4.76. The fourth-order valence-electron chi connectivity index (χ4n) is 3.14. The van der Waals surface area contributed by atoms with Gasteiger partial charge in [-0.15, -0.1) is 0 Å². The summed E-state index contributed by atoms with van der Waals surface area (Å²) in [6, 6.07) is 13.8. The van der Waals surface area contributed by atoms with Gasteiger partial charge in [0.1, 0.15) is 11.5 Å². The molecule has 1 amide bonds. The Labute approximate surface area is 162 Å². The Morgan fingerprint density at radius 1 is 1.07 bits per heavy atom. The Bertz CT molecular complexity index is 770. The summed E-state index contributed by atoms with van der Waals surface area (Å²) >= 11 is 0. The van der Waals surface area contributed by atoms with E-state index < -0.39 is 6.10 Å². The zero-order valence-corrected chi connectivity index (χ0v) is 17.2. The molecule has 2 unspecified atom stereocenters. The molecule has 0 aliphatic carbocycles. The minimum Gasteiger partial charge on any atom is -0.496 e. The number of aryl methyl sites for hydroxylation is 1. The number of ether oxygens (including phenoxy) is 2. The lowest BCUT2D eigenvalue weighted by molar-refractivity contribution is -0.128. The zero-order chi connectivity index (χ0) is 20.0. The molecule has 2 aromatic rings. The molecule has 1 N–H and O–H groups in total. The van der Waals surface area contributed by atoms with E-state index in [4.69, 9.17) is 9.47 Å². The summed E-state index contributed by atoms with van der Waals surface area (Å²) in [5.74, 6) is 1.83. The Morgan fingerprint density at radius 2 is 1.78 bits per heavy atom. The molecule has 0 aromatic heterocycles. The first-order valence-electron chi connectivity index (χ1n) is 9.57. The molecule has 0 saturated heterocycles. The normalized spacial score (nSPS) is 13.1. The molecular formula is C23H31NO3. The number of methoxy groups -OCH3 is 1. The van der Waals surface area contributed by atoms with Crippen LogP contribution in [0.4, 0.5) is 0 Å². The number of carbonyl (C=O) groups excluding carboxylic acids is 1. The van der Waals surface area contributed by atoms with Crippen molar-refractivity contribution in [3.05, 3.63) is 59.2 Å². The van der Waals surface area contributed by atoms with Gasteiger partial charge in [-0.2, -0.15) is 0 Å². The van der Waals surface area contributed by atoms with Crippen molar-refractivity contribution in [2.24, 2.45) is 0 Å². The minimum atomic E-state index is -0.571. The molecule has 2 rings (SSSR count). The predicted octanol–water partition coefficient (Wildman–Crippen LogP) is 5.16. The van der Waals surface area contributed by atoms with Gasteiger partial charge in [0, 0.05) is 0 Å². The van der Waals surface area contributed by atoms with Crippen LogP contribution in [-0.2, 0) is 4.79 Å². The maximum atomic E-state index is 12.7.